The van der Waals surface area contributed by atoms with Crippen molar-refractivity contribution in [3.8, 4) is 34.0 Å². The van der Waals surface area contributed by atoms with Crippen LogP contribution >= 0.6 is 0 Å². The number of aromatic nitrogens is 2. The Hall–Kier alpha value is -5.66. The van der Waals surface area contributed by atoms with Crippen molar-refractivity contribution in [3.05, 3.63) is 133 Å². The molecule has 0 amide bonds. The van der Waals surface area contributed by atoms with Crippen LogP contribution < -0.4 is 0 Å². The Morgan fingerprint density at radius 1 is 0.625 bits per heavy atom. The summed E-state index contributed by atoms with van der Waals surface area (Å²) in [4.78, 5) is 4.20. The van der Waals surface area contributed by atoms with Crippen LogP contribution in [0.1, 0.15) is 5.69 Å². The van der Waals surface area contributed by atoms with E-state index in [2.05, 4.69) is 113 Å². The van der Waals surface area contributed by atoms with Gasteiger partial charge >= 0.3 is 0 Å². The zero-order valence-corrected chi connectivity index (χ0v) is 21.4. The Kier molecular flexibility index (Phi) is 4.85. The third-order valence-corrected chi connectivity index (χ3v) is 7.73. The maximum atomic E-state index is 9.46. The molecule has 0 radical (unpaired) electrons. The van der Waals surface area contributed by atoms with Crippen LogP contribution in [0.25, 0.3) is 71.7 Å². The van der Waals surface area contributed by atoms with Gasteiger partial charge in [0.2, 0.25) is 0 Å². The number of pyridine rings is 1. The third-order valence-electron chi connectivity index (χ3n) is 7.73. The molecule has 3 aromatic heterocycles. The zero-order chi connectivity index (χ0) is 26.6. The van der Waals surface area contributed by atoms with Crippen molar-refractivity contribution in [3.63, 3.8) is 0 Å². The van der Waals surface area contributed by atoms with Crippen LogP contribution in [0, 0.1) is 11.3 Å². The molecule has 0 fully saturated rings. The lowest BCUT2D eigenvalue weighted by Gasteiger charge is -2.11. The standard InChI is InChI=1S/C36H21N3O/c37-22-31-27(11-6-20-38-31)24-16-14-23(15-17-24)25-7-5-8-26(21-25)39-32-12-3-1-10-30(32)35-33(39)19-18-29-28-9-2-4-13-34(28)40-36(29)35/h1-21H. The molecule has 0 saturated carbocycles. The summed E-state index contributed by atoms with van der Waals surface area (Å²) in [6.07, 6.45) is 1.65. The van der Waals surface area contributed by atoms with Crippen LogP contribution in [0.4, 0.5) is 0 Å². The van der Waals surface area contributed by atoms with E-state index in [1.165, 1.54) is 5.39 Å². The first kappa shape index (κ1) is 22.3. The van der Waals surface area contributed by atoms with Crippen molar-refractivity contribution < 1.29 is 4.42 Å². The van der Waals surface area contributed by atoms with Gasteiger partial charge < -0.3 is 8.98 Å². The van der Waals surface area contributed by atoms with E-state index in [0.29, 0.717) is 5.69 Å². The van der Waals surface area contributed by atoms with Crippen molar-refractivity contribution in [1.29, 1.82) is 5.26 Å². The largest absolute Gasteiger partial charge is 0.455 e. The fourth-order valence-corrected chi connectivity index (χ4v) is 5.91. The minimum Gasteiger partial charge on any atom is -0.455 e. The van der Waals surface area contributed by atoms with Gasteiger partial charge in [0.25, 0.3) is 0 Å². The Labute approximate surface area is 230 Å². The summed E-state index contributed by atoms with van der Waals surface area (Å²) in [5.41, 5.74) is 9.63. The number of benzene rings is 5. The Morgan fingerprint density at radius 3 is 2.30 bits per heavy atom. The molecule has 4 heteroatoms. The number of rotatable bonds is 3. The third kappa shape index (κ3) is 3.28. The van der Waals surface area contributed by atoms with E-state index < -0.39 is 0 Å². The molecule has 5 aromatic carbocycles. The highest BCUT2D eigenvalue weighted by atomic mass is 16.3. The van der Waals surface area contributed by atoms with Gasteiger partial charge in [-0.25, -0.2) is 4.98 Å². The molecule has 8 rings (SSSR count). The molecule has 0 aliphatic rings. The predicted molar refractivity (Wildman–Crippen MR) is 161 cm³/mol. The fourth-order valence-electron chi connectivity index (χ4n) is 5.91. The van der Waals surface area contributed by atoms with E-state index in [9.17, 15) is 5.26 Å². The Bertz CT molecular complexity index is 2280. The van der Waals surface area contributed by atoms with E-state index in [1.807, 2.05) is 24.3 Å². The van der Waals surface area contributed by atoms with Gasteiger partial charge in [0.05, 0.1) is 16.4 Å². The minimum atomic E-state index is 0.433. The lowest BCUT2D eigenvalue weighted by molar-refractivity contribution is 0.673. The van der Waals surface area contributed by atoms with Crippen molar-refractivity contribution >= 4 is 43.7 Å². The molecular weight excluding hydrogens is 490 g/mol. The summed E-state index contributed by atoms with van der Waals surface area (Å²) < 4.78 is 8.77. The lowest BCUT2D eigenvalue weighted by atomic mass is 9.99. The smallest absolute Gasteiger partial charge is 0.148 e. The first-order valence-electron chi connectivity index (χ1n) is 13.2. The van der Waals surface area contributed by atoms with Crippen molar-refractivity contribution in [2.45, 2.75) is 0 Å². The molecule has 8 aromatic rings. The van der Waals surface area contributed by atoms with E-state index in [-0.39, 0.29) is 0 Å². The number of fused-ring (bicyclic) bond motifs is 7. The minimum absolute atomic E-state index is 0.433. The average Bonchev–Trinajstić information content (AvgIpc) is 3.57. The number of nitrogens with zero attached hydrogens (tertiary/aromatic N) is 3. The fraction of sp³-hybridized carbons (Fsp3) is 0. The summed E-state index contributed by atoms with van der Waals surface area (Å²) in [6.45, 7) is 0. The molecule has 0 spiro atoms. The molecule has 186 valence electrons. The second-order valence-corrected chi connectivity index (χ2v) is 9.93. The van der Waals surface area contributed by atoms with Crippen LogP contribution in [-0.2, 0) is 0 Å². The Balaban J connectivity index is 1.30. The van der Waals surface area contributed by atoms with Crippen molar-refractivity contribution in [2.24, 2.45) is 0 Å². The van der Waals surface area contributed by atoms with E-state index in [4.69, 9.17) is 4.42 Å². The van der Waals surface area contributed by atoms with Crippen molar-refractivity contribution in [2.75, 3.05) is 0 Å². The summed E-state index contributed by atoms with van der Waals surface area (Å²) in [5.74, 6) is 0. The predicted octanol–water partition coefficient (Wildman–Crippen LogP) is 9.28. The molecule has 3 heterocycles. The maximum Gasteiger partial charge on any atom is 0.148 e. The average molecular weight is 512 g/mol. The van der Waals surface area contributed by atoms with Gasteiger partial charge in [0.1, 0.15) is 22.9 Å². The lowest BCUT2D eigenvalue weighted by Crippen LogP contribution is -1.94. The molecule has 0 N–H and O–H groups in total. The van der Waals surface area contributed by atoms with Gasteiger partial charge in [-0.05, 0) is 65.2 Å². The van der Waals surface area contributed by atoms with Crippen LogP contribution in [0.5, 0.6) is 0 Å². The van der Waals surface area contributed by atoms with Gasteiger partial charge in [0.15, 0.2) is 0 Å². The van der Waals surface area contributed by atoms with E-state index in [0.717, 1.165) is 66.3 Å². The van der Waals surface area contributed by atoms with Gasteiger partial charge in [0, 0.05) is 33.6 Å². The maximum absolute atomic E-state index is 9.46. The Morgan fingerprint density at radius 2 is 1.43 bits per heavy atom. The normalized spacial score (nSPS) is 11.5. The van der Waals surface area contributed by atoms with Gasteiger partial charge in [-0.3, -0.25) is 0 Å². The highest BCUT2D eigenvalue weighted by molar-refractivity contribution is 6.23. The van der Waals surface area contributed by atoms with Gasteiger partial charge in [-0.1, -0.05) is 72.8 Å². The van der Waals surface area contributed by atoms with Crippen LogP contribution in [0.2, 0.25) is 0 Å². The summed E-state index contributed by atoms with van der Waals surface area (Å²) >= 11 is 0. The van der Waals surface area contributed by atoms with Crippen LogP contribution in [-0.4, -0.2) is 9.55 Å². The number of hydrogen-bond acceptors (Lipinski definition) is 3. The number of nitriles is 1. The second kappa shape index (κ2) is 8.69. The monoisotopic (exact) mass is 511 g/mol. The first-order valence-corrected chi connectivity index (χ1v) is 13.2. The molecule has 0 atom stereocenters. The number of hydrogen-bond donors (Lipinski definition) is 0. The summed E-state index contributed by atoms with van der Waals surface area (Å²) in [5, 5.41) is 14.0. The SMILES string of the molecule is N#Cc1ncccc1-c1ccc(-c2cccc(-n3c4ccccc4c4c5oc6ccccc6c5ccc43)c2)cc1. The molecule has 40 heavy (non-hydrogen) atoms. The van der Waals surface area contributed by atoms with Gasteiger partial charge in [-0.15, -0.1) is 0 Å². The molecular formula is C36H21N3O. The molecule has 4 nitrogen and oxygen atoms in total. The topological polar surface area (TPSA) is 54.8 Å². The van der Waals surface area contributed by atoms with E-state index in [1.54, 1.807) is 6.20 Å². The molecule has 0 aliphatic heterocycles. The molecule has 0 saturated heterocycles. The molecule has 0 bridgehead atoms. The summed E-state index contributed by atoms with van der Waals surface area (Å²) in [7, 11) is 0. The van der Waals surface area contributed by atoms with Crippen LogP contribution in [0.3, 0.4) is 0 Å². The number of para-hydroxylation sites is 2. The highest BCUT2D eigenvalue weighted by Gasteiger charge is 2.18. The molecule has 0 aliphatic carbocycles. The number of furan rings is 1. The summed E-state index contributed by atoms with van der Waals surface area (Å²) in [6, 6.07) is 44.1. The second-order valence-electron chi connectivity index (χ2n) is 9.93. The first-order chi connectivity index (χ1) is 19.8. The highest BCUT2D eigenvalue weighted by Crippen LogP contribution is 2.40. The quantitative estimate of drug-likeness (QED) is 0.237. The van der Waals surface area contributed by atoms with E-state index >= 15 is 0 Å². The van der Waals surface area contributed by atoms with Crippen LogP contribution in [0.15, 0.2) is 132 Å². The molecule has 0 unspecified atom stereocenters. The van der Waals surface area contributed by atoms with Gasteiger partial charge in [-0.2, -0.15) is 5.26 Å². The van der Waals surface area contributed by atoms with Crippen molar-refractivity contribution in [1.82, 2.24) is 9.55 Å². The zero-order valence-electron chi connectivity index (χ0n) is 21.4.